The normalized spacial score (nSPS) is 11.9. The first-order chi connectivity index (χ1) is 13.9. The fraction of sp³-hybridized carbons (Fsp3) is 0.190. The molecule has 3 aromatic rings. The van der Waals surface area contributed by atoms with Crippen LogP contribution in [0.25, 0.3) is 10.9 Å². The van der Waals surface area contributed by atoms with Gasteiger partial charge in [-0.2, -0.15) is 0 Å². The van der Waals surface area contributed by atoms with Crippen LogP contribution >= 0.6 is 0 Å². The monoisotopic (exact) mass is 396 g/mol. The lowest BCUT2D eigenvalue weighted by Crippen LogP contribution is -2.54. The number of benzene rings is 2. The zero-order valence-corrected chi connectivity index (χ0v) is 16.0. The minimum absolute atomic E-state index is 0.229. The molecule has 0 saturated heterocycles. The molecule has 3 rings (SSSR count). The van der Waals surface area contributed by atoms with Crippen molar-refractivity contribution in [2.75, 3.05) is 0 Å². The maximum Gasteiger partial charge on any atom is 0.271 e. The molecule has 0 bridgehead atoms. The fourth-order valence-corrected chi connectivity index (χ4v) is 2.88. The molecule has 1 atom stereocenters. The summed E-state index contributed by atoms with van der Waals surface area (Å²) >= 11 is 0. The highest BCUT2D eigenvalue weighted by Crippen LogP contribution is 2.17. The number of halogens is 1. The standard InChI is InChI=1S/C21H21FN4O3/c1-12(2)18(24-19(27)13-7-9-14(22)10-8-13)21(29)26-25-20(28)16-11-23-17-6-4-3-5-15(16)17/h3-12,18,23H,1-2H3,(H,24,27)(H,25,28)(H,26,29)/t18-/m1/s1. The number of rotatable bonds is 5. The van der Waals surface area contributed by atoms with Crippen molar-refractivity contribution < 1.29 is 18.8 Å². The molecule has 0 aliphatic carbocycles. The Morgan fingerprint density at radius 2 is 1.62 bits per heavy atom. The highest BCUT2D eigenvalue weighted by Gasteiger charge is 2.25. The third-order valence-corrected chi connectivity index (χ3v) is 4.48. The summed E-state index contributed by atoms with van der Waals surface area (Å²) in [6, 6.07) is 11.4. The van der Waals surface area contributed by atoms with Crippen LogP contribution in [0.15, 0.2) is 54.7 Å². The molecule has 0 fully saturated rings. The summed E-state index contributed by atoms with van der Waals surface area (Å²) in [4.78, 5) is 40.3. The van der Waals surface area contributed by atoms with Crippen molar-refractivity contribution in [2.45, 2.75) is 19.9 Å². The number of para-hydroxylation sites is 1. The van der Waals surface area contributed by atoms with Crippen LogP contribution in [-0.2, 0) is 4.79 Å². The maximum atomic E-state index is 13.0. The van der Waals surface area contributed by atoms with Crippen molar-refractivity contribution in [3.05, 3.63) is 71.7 Å². The Morgan fingerprint density at radius 3 is 2.31 bits per heavy atom. The number of aromatic amines is 1. The molecular weight excluding hydrogens is 375 g/mol. The zero-order valence-electron chi connectivity index (χ0n) is 16.0. The fourth-order valence-electron chi connectivity index (χ4n) is 2.88. The van der Waals surface area contributed by atoms with Crippen LogP contribution in [0, 0.1) is 11.7 Å². The summed E-state index contributed by atoms with van der Waals surface area (Å²) < 4.78 is 13.0. The number of fused-ring (bicyclic) bond motifs is 1. The van der Waals surface area contributed by atoms with Crippen LogP contribution in [0.5, 0.6) is 0 Å². The number of aromatic nitrogens is 1. The van der Waals surface area contributed by atoms with E-state index in [1.807, 2.05) is 18.2 Å². The number of carbonyl (C=O) groups excluding carboxylic acids is 3. The minimum Gasteiger partial charge on any atom is -0.360 e. The van der Waals surface area contributed by atoms with E-state index in [2.05, 4.69) is 21.2 Å². The third-order valence-electron chi connectivity index (χ3n) is 4.48. The summed E-state index contributed by atoms with van der Waals surface area (Å²) in [5.74, 6) is -2.27. The van der Waals surface area contributed by atoms with Gasteiger partial charge in [0.15, 0.2) is 0 Å². The number of H-pyrrole nitrogens is 1. The first-order valence-corrected chi connectivity index (χ1v) is 9.09. The van der Waals surface area contributed by atoms with Gasteiger partial charge in [0.05, 0.1) is 5.56 Å². The van der Waals surface area contributed by atoms with E-state index in [1.54, 1.807) is 26.1 Å². The lowest BCUT2D eigenvalue weighted by Gasteiger charge is -2.21. The number of carbonyl (C=O) groups is 3. The average molecular weight is 396 g/mol. The molecule has 150 valence electrons. The molecule has 1 aromatic heterocycles. The molecule has 3 amide bonds. The highest BCUT2D eigenvalue weighted by molar-refractivity contribution is 6.07. The maximum absolute atomic E-state index is 13.0. The average Bonchev–Trinajstić information content (AvgIpc) is 3.14. The molecule has 4 N–H and O–H groups in total. The van der Waals surface area contributed by atoms with Crippen LogP contribution in [0.3, 0.4) is 0 Å². The summed E-state index contributed by atoms with van der Waals surface area (Å²) in [5, 5.41) is 3.34. The van der Waals surface area contributed by atoms with E-state index in [-0.39, 0.29) is 11.5 Å². The Balaban J connectivity index is 1.64. The first kappa shape index (κ1) is 20.1. The van der Waals surface area contributed by atoms with Crippen molar-refractivity contribution in [1.29, 1.82) is 0 Å². The molecule has 8 heteroatoms. The quantitative estimate of drug-likeness (QED) is 0.498. The number of nitrogens with one attached hydrogen (secondary N) is 4. The lowest BCUT2D eigenvalue weighted by atomic mass is 10.0. The number of hydrogen-bond acceptors (Lipinski definition) is 3. The first-order valence-electron chi connectivity index (χ1n) is 9.09. The van der Waals surface area contributed by atoms with Crippen LogP contribution in [0.4, 0.5) is 4.39 Å². The van der Waals surface area contributed by atoms with E-state index in [0.29, 0.717) is 5.56 Å². The number of hydrogen-bond donors (Lipinski definition) is 4. The second-order valence-corrected chi connectivity index (χ2v) is 6.89. The second kappa shape index (κ2) is 8.55. The number of amides is 3. The van der Waals surface area contributed by atoms with E-state index in [0.717, 1.165) is 10.9 Å². The SMILES string of the molecule is CC(C)[C@@H](NC(=O)c1ccc(F)cc1)C(=O)NNC(=O)c1c[nH]c2ccccc12. The van der Waals surface area contributed by atoms with Crippen molar-refractivity contribution in [3.8, 4) is 0 Å². The molecule has 29 heavy (non-hydrogen) atoms. The minimum atomic E-state index is -0.893. The van der Waals surface area contributed by atoms with Gasteiger partial charge in [0.25, 0.3) is 17.7 Å². The topological polar surface area (TPSA) is 103 Å². The van der Waals surface area contributed by atoms with Gasteiger partial charge in [-0.1, -0.05) is 32.0 Å². The van der Waals surface area contributed by atoms with Gasteiger partial charge in [0, 0.05) is 22.7 Å². The van der Waals surface area contributed by atoms with Gasteiger partial charge in [-0.25, -0.2) is 4.39 Å². The van der Waals surface area contributed by atoms with Gasteiger partial charge in [0.2, 0.25) is 0 Å². The second-order valence-electron chi connectivity index (χ2n) is 6.89. The van der Waals surface area contributed by atoms with Crippen LogP contribution in [0.1, 0.15) is 34.6 Å². The van der Waals surface area contributed by atoms with Gasteiger partial charge in [-0.15, -0.1) is 0 Å². The summed E-state index contributed by atoms with van der Waals surface area (Å²) in [6.07, 6.45) is 1.56. The van der Waals surface area contributed by atoms with E-state index in [9.17, 15) is 18.8 Å². The third kappa shape index (κ3) is 4.60. The van der Waals surface area contributed by atoms with Gasteiger partial charge in [0.1, 0.15) is 11.9 Å². The van der Waals surface area contributed by atoms with Crippen molar-refractivity contribution >= 4 is 28.6 Å². The van der Waals surface area contributed by atoms with E-state index < -0.39 is 29.6 Å². The van der Waals surface area contributed by atoms with Crippen LogP contribution < -0.4 is 16.2 Å². The number of hydrazine groups is 1. The molecule has 0 radical (unpaired) electrons. The van der Waals surface area contributed by atoms with Crippen molar-refractivity contribution in [2.24, 2.45) is 5.92 Å². The summed E-state index contributed by atoms with van der Waals surface area (Å²) in [7, 11) is 0. The Kier molecular flexibility index (Phi) is 5.92. The zero-order chi connectivity index (χ0) is 21.0. The largest absolute Gasteiger partial charge is 0.360 e. The molecule has 0 spiro atoms. The van der Waals surface area contributed by atoms with E-state index >= 15 is 0 Å². The molecule has 0 aliphatic heterocycles. The van der Waals surface area contributed by atoms with Gasteiger partial charge in [-0.3, -0.25) is 25.2 Å². The molecule has 2 aromatic carbocycles. The Labute approximate surface area is 166 Å². The van der Waals surface area contributed by atoms with Gasteiger partial charge < -0.3 is 10.3 Å². The molecule has 0 saturated carbocycles. The van der Waals surface area contributed by atoms with Gasteiger partial charge >= 0.3 is 0 Å². The van der Waals surface area contributed by atoms with Crippen molar-refractivity contribution in [1.82, 2.24) is 21.2 Å². The highest BCUT2D eigenvalue weighted by atomic mass is 19.1. The van der Waals surface area contributed by atoms with Gasteiger partial charge in [-0.05, 0) is 36.2 Å². The van der Waals surface area contributed by atoms with Crippen molar-refractivity contribution in [3.63, 3.8) is 0 Å². The molecule has 0 unspecified atom stereocenters. The van der Waals surface area contributed by atoms with E-state index in [1.165, 1.54) is 24.3 Å². The smallest absolute Gasteiger partial charge is 0.271 e. The predicted octanol–water partition coefficient (Wildman–Crippen LogP) is 2.52. The Bertz CT molecular complexity index is 1040. The predicted molar refractivity (Wildman–Crippen MR) is 106 cm³/mol. The van der Waals surface area contributed by atoms with Crippen LogP contribution in [0.2, 0.25) is 0 Å². The summed E-state index contributed by atoms with van der Waals surface area (Å²) in [6.45, 7) is 3.52. The molecule has 0 aliphatic rings. The lowest BCUT2D eigenvalue weighted by molar-refractivity contribution is -0.124. The molecule has 1 heterocycles. The summed E-state index contributed by atoms with van der Waals surface area (Å²) in [5.41, 5.74) is 6.15. The molecule has 7 nitrogen and oxygen atoms in total. The Hall–Kier alpha value is -3.68. The molecular formula is C21H21FN4O3. The van der Waals surface area contributed by atoms with E-state index in [4.69, 9.17) is 0 Å². The van der Waals surface area contributed by atoms with Crippen LogP contribution in [-0.4, -0.2) is 28.7 Å². The Morgan fingerprint density at radius 1 is 0.931 bits per heavy atom.